The number of rotatable bonds is 4. The van der Waals surface area contributed by atoms with E-state index in [1.807, 2.05) is 24.3 Å². The van der Waals surface area contributed by atoms with Crippen LogP contribution in [0.25, 0.3) is 10.8 Å². The Morgan fingerprint density at radius 1 is 1.29 bits per heavy atom. The van der Waals surface area contributed by atoms with E-state index in [0.29, 0.717) is 18.5 Å². The number of nitrogens with zero attached hydrogens (tertiary/aromatic N) is 2. The molecule has 4 heteroatoms. The van der Waals surface area contributed by atoms with Gasteiger partial charge >= 0.3 is 0 Å². The number of phenols is 1. The molecule has 0 unspecified atom stereocenters. The summed E-state index contributed by atoms with van der Waals surface area (Å²) in [5.74, 6) is -0.183. The van der Waals surface area contributed by atoms with Gasteiger partial charge in [-0.05, 0) is 35.7 Å². The first-order chi connectivity index (χ1) is 10.2. The van der Waals surface area contributed by atoms with Gasteiger partial charge in [0, 0.05) is 12.6 Å². The predicted octanol–water partition coefficient (Wildman–Crippen LogP) is 3.06. The Balaban J connectivity index is 1.96. The Morgan fingerprint density at radius 3 is 2.57 bits per heavy atom. The molecule has 1 N–H and O–H groups in total. The monoisotopic (exact) mass is 280 g/mol. The second-order valence-corrected chi connectivity index (χ2v) is 5.35. The third-order valence-corrected chi connectivity index (χ3v) is 3.81. The van der Waals surface area contributed by atoms with Gasteiger partial charge in [-0.1, -0.05) is 24.3 Å². The third kappa shape index (κ3) is 2.68. The van der Waals surface area contributed by atoms with Crippen molar-refractivity contribution in [2.75, 3.05) is 6.54 Å². The van der Waals surface area contributed by atoms with Crippen molar-refractivity contribution in [2.45, 2.75) is 25.3 Å². The summed E-state index contributed by atoms with van der Waals surface area (Å²) < 4.78 is 0. The Labute approximate surface area is 123 Å². The Kier molecular flexibility index (Phi) is 3.49. The lowest BCUT2D eigenvalue weighted by Gasteiger charge is -2.22. The molecule has 1 amide bonds. The SMILES string of the molecule is N#CCCN(C(=O)c1cc2ccccc2cc1O)C1CC1. The lowest BCUT2D eigenvalue weighted by molar-refractivity contribution is 0.0744. The molecule has 2 aromatic rings. The number of carbonyl (C=O) groups excluding carboxylic acids is 1. The van der Waals surface area contributed by atoms with Gasteiger partial charge in [0.05, 0.1) is 18.1 Å². The largest absolute Gasteiger partial charge is 0.507 e. The van der Waals surface area contributed by atoms with Crippen LogP contribution in [-0.2, 0) is 0 Å². The van der Waals surface area contributed by atoms with E-state index in [0.717, 1.165) is 23.6 Å². The van der Waals surface area contributed by atoms with Gasteiger partial charge in [-0.25, -0.2) is 0 Å². The topological polar surface area (TPSA) is 64.3 Å². The minimum atomic E-state index is -0.184. The molecule has 0 aliphatic heterocycles. The molecule has 0 atom stereocenters. The molecule has 0 bridgehead atoms. The van der Waals surface area contributed by atoms with Gasteiger partial charge in [0.25, 0.3) is 5.91 Å². The molecular weight excluding hydrogens is 264 g/mol. The van der Waals surface area contributed by atoms with Gasteiger partial charge in [-0.15, -0.1) is 0 Å². The van der Waals surface area contributed by atoms with E-state index in [9.17, 15) is 9.90 Å². The van der Waals surface area contributed by atoms with E-state index in [4.69, 9.17) is 5.26 Å². The molecule has 3 rings (SSSR count). The fraction of sp³-hybridized carbons (Fsp3) is 0.294. The molecule has 1 fully saturated rings. The molecule has 0 radical (unpaired) electrons. The summed E-state index contributed by atoms with van der Waals surface area (Å²) in [5, 5.41) is 20.7. The molecule has 0 aromatic heterocycles. The van der Waals surface area contributed by atoms with Crippen LogP contribution in [-0.4, -0.2) is 28.5 Å². The van der Waals surface area contributed by atoms with Gasteiger partial charge in [0.1, 0.15) is 5.75 Å². The first-order valence-electron chi connectivity index (χ1n) is 7.10. The Bertz CT molecular complexity index is 729. The highest BCUT2D eigenvalue weighted by molar-refractivity contribution is 6.01. The van der Waals surface area contributed by atoms with Crippen LogP contribution in [0, 0.1) is 11.3 Å². The van der Waals surface area contributed by atoms with Crippen molar-refractivity contribution in [1.82, 2.24) is 4.90 Å². The van der Waals surface area contributed by atoms with Crippen LogP contribution >= 0.6 is 0 Å². The molecule has 2 aromatic carbocycles. The second kappa shape index (κ2) is 5.45. The number of phenolic OH excluding ortho intramolecular Hbond substituents is 1. The van der Waals surface area contributed by atoms with Gasteiger partial charge in [0.2, 0.25) is 0 Å². The first kappa shape index (κ1) is 13.4. The van der Waals surface area contributed by atoms with Crippen molar-refractivity contribution in [1.29, 1.82) is 5.26 Å². The average Bonchev–Trinajstić information content (AvgIpc) is 3.31. The van der Waals surface area contributed by atoms with Crippen molar-refractivity contribution in [3.8, 4) is 11.8 Å². The van der Waals surface area contributed by atoms with E-state index < -0.39 is 0 Å². The molecular formula is C17H16N2O2. The highest BCUT2D eigenvalue weighted by Crippen LogP contribution is 2.32. The summed E-state index contributed by atoms with van der Waals surface area (Å²) in [6, 6.07) is 13.3. The number of fused-ring (bicyclic) bond motifs is 1. The summed E-state index contributed by atoms with van der Waals surface area (Å²) in [4.78, 5) is 14.4. The molecule has 106 valence electrons. The number of hydrogen-bond donors (Lipinski definition) is 1. The maximum Gasteiger partial charge on any atom is 0.257 e. The van der Waals surface area contributed by atoms with E-state index in [1.54, 1.807) is 17.0 Å². The zero-order chi connectivity index (χ0) is 14.8. The van der Waals surface area contributed by atoms with Gasteiger partial charge < -0.3 is 10.0 Å². The van der Waals surface area contributed by atoms with E-state index in [1.165, 1.54) is 0 Å². The Hall–Kier alpha value is -2.54. The zero-order valence-corrected chi connectivity index (χ0v) is 11.6. The van der Waals surface area contributed by atoms with Crippen molar-refractivity contribution in [2.24, 2.45) is 0 Å². The predicted molar refractivity (Wildman–Crippen MR) is 79.9 cm³/mol. The molecule has 1 aliphatic carbocycles. The summed E-state index contributed by atoms with van der Waals surface area (Å²) in [6.45, 7) is 0.423. The van der Waals surface area contributed by atoms with Crippen LogP contribution in [0.15, 0.2) is 36.4 Å². The first-order valence-corrected chi connectivity index (χ1v) is 7.10. The normalized spacial score (nSPS) is 13.9. The number of amides is 1. The molecule has 1 saturated carbocycles. The van der Waals surface area contributed by atoms with Crippen molar-refractivity contribution < 1.29 is 9.90 Å². The molecule has 0 spiro atoms. The van der Waals surface area contributed by atoms with E-state index in [-0.39, 0.29) is 17.7 Å². The quantitative estimate of drug-likeness (QED) is 0.936. The number of aromatic hydroxyl groups is 1. The van der Waals surface area contributed by atoms with Gasteiger partial charge in [-0.2, -0.15) is 5.26 Å². The van der Waals surface area contributed by atoms with Crippen LogP contribution in [0.1, 0.15) is 29.6 Å². The highest BCUT2D eigenvalue weighted by atomic mass is 16.3. The fourth-order valence-corrected chi connectivity index (χ4v) is 2.56. The standard InChI is InChI=1S/C17H16N2O2/c18-8-3-9-19(14-6-7-14)17(21)15-10-12-4-1-2-5-13(12)11-16(15)20/h1-2,4-5,10-11,14,20H,3,6-7,9H2. The van der Waals surface area contributed by atoms with Gasteiger partial charge in [-0.3, -0.25) is 4.79 Å². The van der Waals surface area contributed by atoms with Crippen molar-refractivity contribution in [3.63, 3.8) is 0 Å². The molecule has 0 heterocycles. The fourth-order valence-electron chi connectivity index (χ4n) is 2.56. The number of benzene rings is 2. The van der Waals surface area contributed by atoms with Crippen molar-refractivity contribution >= 4 is 16.7 Å². The lowest BCUT2D eigenvalue weighted by Crippen LogP contribution is -2.34. The molecule has 1 aliphatic rings. The van der Waals surface area contributed by atoms with Crippen LogP contribution in [0.3, 0.4) is 0 Å². The van der Waals surface area contributed by atoms with Crippen LogP contribution < -0.4 is 0 Å². The maximum atomic E-state index is 12.7. The molecule has 21 heavy (non-hydrogen) atoms. The molecule has 0 saturated heterocycles. The second-order valence-electron chi connectivity index (χ2n) is 5.35. The molecule has 4 nitrogen and oxygen atoms in total. The average molecular weight is 280 g/mol. The van der Waals surface area contributed by atoms with E-state index >= 15 is 0 Å². The van der Waals surface area contributed by atoms with Crippen LogP contribution in [0.5, 0.6) is 5.75 Å². The summed E-state index contributed by atoms with van der Waals surface area (Å²) >= 11 is 0. The number of nitriles is 1. The third-order valence-electron chi connectivity index (χ3n) is 3.81. The van der Waals surface area contributed by atoms with Crippen LogP contribution in [0.4, 0.5) is 0 Å². The minimum Gasteiger partial charge on any atom is -0.507 e. The number of carbonyl (C=O) groups is 1. The minimum absolute atomic E-state index is 0.00121. The van der Waals surface area contributed by atoms with Crippen molar-refractivity contribution in [3.05, 3.63) is 42.0 Å². The maximum absolute atomic E-state index is 12.7. The zero-order valence-electron chi connectivity index (χ0n) is 11.6. The van der Waals surface area contributed by atoms with Gasteiger partial charge in [0.15, 0.2) is 0 Å². The summed E-state index contributed by atoms with van der Waals surface area (Å²) in [5.41, 5.74) is 0.318. The summed E-state index contributed by atoms with van der Waals surface area (Å²) in [7, 11) is 0. The Morgan fingerprint density at radius 2 is 1.95 bits per heavy atom. The van der Waals surface area contributed by atoms with E-state index in [2.05, 4.69) is 6.07 Å². The number of hydrogen-bond acceptors (Lipinski definition) is 3. The summed E-state index contributed by atoms with van der Waals surface area (Å²) in [6.07, 6.45) is 2.27. The lowest BCUT2D eigenvalue weighted by atomic mass is 10.0. The highest BCUT2D eigenvalue weighted by Gasteiger charge is 2.33. The van der Waals surface area contributed by atoms with Crippen LogP contribution in [0.2, 0.25) is 0 Å². The smallest absolute Gasteiger partial charge is 0.257 e.